The third-order valence-corrected chi connectivity index (χ3v) is 3.34. The first-order valence-electron chi connectivity index (χ1n) is 5.80. The Balaban J connectivity index is 1.94. The van der Waals surface area contributed by atoms with Gasteiger partial charge in [-0.3, -0.25) is 0 Å². The van der Waals surface area contributed by atoms with Gasteiger partial charge >= 0.3 is 5.97 Å². The minimum absolute atomic E-state index is 0.146. The minimum Gasteiger partial charge on any atom is -0.478 e. The molecule has 3 N–H and O–H groups in total. The van der Waals surface area contributed by atoms with E-state index in [1.807, 2.05) is 18.2 Å². The zero-order valence-electron chi connectivity index (χ0n) is 9.85. The molecule has 1 unspecified atom stereocenters. The summed E-state index contributed by atoms with van der Waals surface area (Å²) >= 11 is 5.86. The van der Waals surface area contributed by atoms with Crippen molar-refractivity contribution in [1.29, 1.82) is 0 Å². The molecule has 2 aromatic rings. The van der Waals surface area contributed by atoms with E-state index in [9.17, 15) is 4.79 Å². The summed E-state index contributed by atoms with van der Waals surface area (Å²) in [5, 5.41) is 16.3. The Bertz CT molecular complexity index is 640. The molecule has 0 spiro atoms. The minimum atomic E-state index is -0.942. The number of hydrogen-bond acceptors (Lipinski definition) is 3. The summed E-state index contributed by atoms with van der Waals surface area (Å²) in [5.41, 5.74) is 2.67. The lowest BCUT2D eigenvalue weighted by Gasteiger charge is -2.12. The molecule has 2 aromatic carbocycles. The Kier molecular flexibility index (Phi) is 2.80. The summed E-state index contributed by atoms with van der Waals surface area (Å²) < 4.78 is 0. The zero-order valence-corrected chi connectivity index (χ0v) is 10.6. The van der Waals surface area contributed by atoms with Crippen molar-refractivity contribution in [3.05, 3.63) is 58.6 Å². The van der Waals surface area contributed by atoms with Crippen LogP contribution in [0.25, 0.3) is 0 Å². The van der Waals surface area contributed by atoms with Crippen molar-refractivity contribution >= 4 is 28.9 Å². The second-order valence-electron chi connectivity index (χ2n) is 4.31. The molecule has 0 aromatic heterocycles. The topological polar surface area (TPSA) is 61.4 Å². The molecular weight excluding hydrogens is 264 g/mol. The van der Waals surface area contributed by atoms with Crippen LogP contribution in [-0.4, -0.2) is 11.1 Å². The SMILES string of the molecule is O=C(O)c1cccc2c1NC(c1ccc(Cl)cc1)N2. The molecule has 0 fully saturated rings. The lowest BCUT2D eigenvalue weighted by atomic mass is 10.1. The zero-order chi connectivity index (χ0) is 13.4. The number of halogens is 1. The third-order valence-electron chi connectivity index (χ3n) is 3.09. The molecule has 0 aliphatic carbocycles. The number of anilines is 2. The van der Waals surface area contributed by atoms with Gasteiger partial charge in [0.1, 0.15) is 6.17 Å². The molecule has 1 heterocycles. The van der Waals surface area contributed by atoms with Gasteiger partial charge in [-0.1, -0.05) is 29.8 Å². The van der Waals surface area contributed by atoms with E-state index in [4.69, 9.17) is 16.7 Å². The van der Waals surface area contributed by atoms with E-state index in [1.54, 1.807) is 24.3 Å². The molecular formula is C14H11ClN2O2. The number of aromatic carboxylic acids is 1. The molecule has 19 heavy (non-hydrogen) atoms. The normalized spacial score (nSPS) is 16.4. The van der Waals surface area contributed by atoms with E-state index in [2.05, 4.69) is 10.6 Å². The summed E-state index contributed by atoms with van der Waals surface area (Å²) in [7, 11) is 0. The van der Waals surface area contributed by atoms with Crippen LogP contribution in [0.3, 0.4) is 0 Å². The molecule has 0 saturated carbocycles. The Hall–Kier alpha value is -2.20. The van der Waals surface area contributed by atoms with E-state index in [-0.39, 0.29) is 11.7 Å². The highest BCUT2D eigenvalue weighted by atomic mass is 35.5. The maximum Gasteiger partial charge on any atom is 0.337 e. The number of para-hydroxylation sites is 1. The van der Waals surface area contributed by atoms with Gasteiger partial charge in [0.2, 0.25) is 0 Å². The standard InChI is InChI=1S/C14H11ClN2O2/c15-9-6-4-8(5-7-9)13-16-11-3-1-2-10(14(18)19)12(11)17-13/h1-7,13,16-17H,(H,18,19). The predicted octanol–water partition coefficient (Wildman–Crippen LogP) is 3.57. The molecule has 0 saturated heterocycles. The molecule has 0 radical (unpaired) electrons. The number of carboxylic acids is 1. The number of carboxylic acid groups (broad SMARTS) is 1. The van der Waals surface area contributed by atoms with Crippen LogP contribution >= 0.6 is 11.6 Å². The number of fused-ring (bicyclic) bond motifs is 1. The second kappa shape index (κ2) is 4.48. The van der Waals surface area contributed by atoms with Crippen molar-refractivity contribution in [2.45, 2.75) is 6.17 Å². The van der Waals surface area contributed by atoms with Crippen molar-refractivity contribution in [3.63, 3.8) is 0 Å². The van der Waals surface area contributed by atoms with Gasteiger partial charge in [-0.2, -0.15) is 0 Å². The fourth-order valence-corrected chi connectivity index (χ4v) is 2.29. The summed E-state index contributed by atoms with van der Waals surface area (Å²) in [4.78, 5) is 11.2. The highest BCUT2D eigenvalue weighted by Gasteiger charge is 2.25. The number of rotatable bonds is 2. The van der Waals surface area contributed by atoms with Gasteiger partial charge in [-0.05, 0) is 29.8 Å². The fraction of sp³-hybridized carbons (Fsp3) is 0.0714. The van der Waals surface area contributed by atoms with E-state index in [0.717, 1.165) is 11.3 Å². The fourth-order valence-electron chi connectivity index (χ4n) is 2.16. The molecule has 1 aliphatic heterocycles. The van der Waals surface area contributed by atoms with E-state index >= 15 is 0 Å². The van der Waals surface area contributed by atoms with Crippen LogP contribution in [0.2, 0.25) is 5.02 Å². The molecule has 5 heteroatoms. The predicted molar refractivity (Wildman–Crippen MR) is 74.8 cm³/mol. The van der Waals surface area contributed by atoms with Crippen molar-refractivity contribution in [3.8, 4) is 0 Å². The maximum atomic E-state index is 11.2. The lowest BCUT2D eigenvalue weighted by Crippen LogP contribution is -2.12. The number of benzene rings is 2. The molecule has 0 amide bonds. The van der Waals surface area contributed by atoms with Crippen LogP contribution in [0.4, 0.5) is 11.4 Å². The van der Waals surface area contributed by atoms with Crippen LogP contribution in [0.1, 0.15) is 22.1 Å². The van der Waals surface area contributed by atoms with Gasteiger partial charge in [0.25, 0.3) is 0 Å². The smallest absolute Gasteiger partial charge is 0.337 e. The van der Waals surface area contributed by atoms with E-state index in [0.29, 0.717) is 10.7 Å². The molecule has 1 aliphatic rings. The van der Waals surface area contributed by atoms with Crippen LogP contribution < -0.4 is 10.6 Å². The summed E-state index contributed by atoms with van der Waals surface area (Å²) in [6.07, 6.45) is -0.146. The first-order chi connectivity index (χ1) is 9.15. The molecule has 3 rings (SSSR count). The number of hydrogen-bond donors (Lipinski definition) is 3. The first kappa shape index (κ1) is 11.9. The van der Waals surface area contributed by atoms with E-state index in [1.165, 1.54) is 0 Å². The van der Waals surface area contributed by atoms with Crippen LogP contribution in [0, 0.1) is 0 Å². The van der Waals surface area contributed by atoms with Crippen molar-refractivity contribution in [2.24, 2.45) is 0 Å². The van der Waals surface area contributed by atoms with Gasteiger partial charge in [0, 0.05) is 5.02 Å². The van der Waals surface area contributed by atoms with Crippen molar-refractivity contribution in [2.75, 3.05) is 10.6 Å². The number of carbonyl (C=O) groups is 1. The van der Waals surface area contributed by atoms with Gasteiger partial charge in [-0.25, -0.2) is 4.79 Å². The Labute approximate surface area is 115 Å². The molecule has 96 valence electrons. The summed E-state index contributed by atoms with van der Waals surface area (Å²) in [6, 6.07) is 12.6. The van der Waals surface area contributed by atoms with Crippen LogP contribution in [0.5, 0.6) is 0 Å². The van der Waals surface area contributed by atoms with Crippen LogP contribution in [0.15, 0.2) is 42.5 Å². The van der Waals surface area contributed by atoms with Crippen LogP contribution in [-0.2, 0) is 0 Å². The first-order valence-corrected chi connectivity index (χ1v) is 6.18. The quantitative estimate of drug-likeness (QED) is 0.783. The highest BCUT2D eigenvalue weighted by Crippen LogP contribution is 2.37. The van der Waals surface area contributed by atoms with E-state index < -0.39 is 5.97 Å². The maximum absolute atomic E-state index is 11.2. The lowest BCUT2D eigenvalue weighted by molar-refractivity contribution is 0.0698. The monoisotopic (exact) mass is 274 g/mol. The largest absolute Gasteiger partial charge is 0.478 e. The van der Waals surface area contributed by atoms with Gasteiger partial charge in [-0.15, -0.1) is 0 Å². The Morgan fingerprint density at radius 1 is 1.11 bits per heavy atom. The molecule has 0 bridgehead atoms. The summed E-state index contributed by atoms with van der Waals surface area (Å²) in [5.74, 6) is -0.942. The number of nitrogens with one attached hydrogen (secondary N) is 2. The highest BCUT2D eigenvalue weighted by molar-refractivity contribution is 6.30. The molecule has 1 atom stereocenters. The molecule has 4 nitrogen and oxygen atoms in total. The average Bonchev–Trinajstić information content (AvgIpc) is 2.82. The Morgan fingerprint density at radius 3 is 2.53 bits per heavy atom. The van der Waals surface area contributed by atoms with Gasteiger partial charge < -0.3 is 15.7 Å². The van der Waals surface area contributed by atoms with Gasteiger partial charge in [0.05, 0.1) is 16.9 Å². The summed E-state index contributed by atoms with van der Waals surface area (Å²) in [6.45, 7) is 0. The average molecular weight is 275 g/mol. The van der Waals surface area contributed by atoms with Gasteiger partial charge in [0.15, 0.2) is 0 Å². The van der Waals surface area contributed by atoms with Crippen molar-refractivity contribution in [1.82, 2.24) is 0 Å². The van der Waals surface area contributed by atoms with Crippen molar-refractivity contribution < 1.29 is 9.90 Å². The Morgan fingerprint density at radius 2 is 1.84 bits per heavy atom. The third kappa shape index (κ3) is 2.11. The second-order valence-corrected chi connectivity index (χ2v) is 4.74.